The molecule has 1 saturated heterocycles. The van der Waals surface area contributed by atoms with Crippen molar-refractivity contribution < 1.29 is 123 Å². The molecule has 0 aromatic rings. The van der Waals surface area contributed by atoms with Gasteiger partial charge in [-0.2, -0.15) is 0 Å². The fourth-order valence-electron chi connectivity index (χ4n) is 6.88. The number of nitrogens with one attached hydrogen (secondary N) is 1. The molecule has 1 amide bonds. The SMILES string of the molecule is CCCCCCCCCCCCC/C=C/[C@@H](O)[C@H](CO[C@@H]1O[C@H](COS(=O)(=O)[O-])[C@H](O)[C@H](OS(=O)(=O)[O-])[C@H]1O)NC(=O)CCCCCCCCCCCCCCC.[Na+].[Na+]. The fourth-order valence-corrected chi connectivity index (χ4v) is 7.68. The Labute approximate surface area is 400 Å². The summed E-state index contributed by atoms with van der Waals surface area (Å²) in [4.78, 5) is 13.0. The number of carbonyl (C=O) groups is 1. The van der Waals surface area contributed by atoms with Crippen LogP contribution in [0.3, 0.4) is 0 Å². The molecule has 7 atom stereocenters. The third-order valence-electron chi connectivity index (χ3n) is 10.3. The molecular weight excluding hydrogens is 829 g/mol. The third kappa shape index (κ3) is 33.9. The molecular formula is C40H75NNa2O14S2. The minimum Gasteiger partial charge on any atom is -0.726 e. The Kier molecular flexibility index (Phi) is 39.9. The largest absolute Gasteiger partial charge is 1.00 e. The topological polar surface area (TPSA) is 241 Å². The number of aliphatic hydroxyl groups is 3. The second-order valence-electron chi connectivity index (χ2n) is 15.4. The molecule has 4 N–H and O–H groups in total. The summed E-state index contributed by atoms with van der Waals surface area (Å²) >= 11 is 0. The van der Waals surface area contributed by atoms with Crippen molar-refractivity contribution in [1.29, 1.82) is 0 Å². The van der Waals surface area contributed by atoms with E-state index in [1.807, 2.05) is 6.08 Å². The van der Waals surface area contributed by atoms with Crippen LogP contribution in [0.25, 0.3) is 0 Å². The van der Waals surface area contributed by atoms with Crippen molar-refractivity contribution in [2.75, 3.05) is 13.2 Å². The van der Waals surface area contributed by atoms with Crippen molar-refractivity contribution in [2.45, 2.75) is 224 Å². The zero-order valence-corrected chi connectivity index (χ0v) is 42.3. The van der Waals surface area contributed by atoms with Crippen molar-refractivity contribution in [3.8, 4) is 0 Å². The molecule has 0 aliphatic carbocycles. The van der Waals surface area contributed by atoms with Crippen LogP contribution in [0.5, 0.6) is 0 Å². The molecule has 0 saturated carbocycles. The average molecular weight is 904 g/mol. The monoisotopic (exact) mass is 903 g/mol. The number of allylic oxidation sites excluding steroid dienone is 1. The second-order valence-corrected chi connectivity index (χ2v) is 17.5. The summed E-state index contributed by atoms with van der Waals surface area (Å²) < 4.78 is 86.6. The van der Waals surface area contributed by atoms with E-state index in [4.69, 9.17) is 9.47 Å². The predicted molar refractivity (Wildman–Crippen MR) is 215 cm³/mol. The summed E-state index contributed by atoms with van der Waals surface area (Å²) in [5.41, 5.74) is 0. The van der Waals surface area contributed by atoms with Crippen LogP contribution in [0.15, 0.2) is 12.2 Å². The van der Waals surface area contributed by atoms with Gasteiger partial charge in [-0.05, 0) is 19.3 Å². The van der Waals surface area contributed by atoms with E-state index >= 15 is 0 Å². The Morgan fingerprint density at radius 2 is 1.14 bits per heavy atom. The van der Waals surface area contributed by atoms with Crippen LogP contribution in [-0.2, 0) is 43.4 Å². The number of ether oxygens (including phenoxy) is 2. The Morgan fingerprint density at radius 1 is 0.695 bits per heavy atom. The van der Waals surface area contributed by atoms with Crippen molar-refractivity contribution in [1.82, 2.24) is 5.32 Å². The molecule has 1 aliphatic rings. The molecule has 0 spiro atoms. The molecule has 0 aromatic heterocycles. The predicted octanol–water partition coefficient (Wildman–Crippen LogP) is 0.364. The summed E-state index contributed by atoms with van der Waals surface area (Å²) in [6, 6.07) is -1.07. The maximum absolute atomic E-state index is 13.0. The second kappa shape index (κ2) is 38.1. The minimum absolute atomic E-state index is 0. The summed E-state index contributed by atoms with van der Waals surface area (Å²) in [5.74, 6) is -0.351. The molecule has 59 heavy (non-hydrogen) atoms. The molecule has 0 bridgehead atoms. The number of carbonyl (C=O) groups excluding carboxylic acids is 1. The fraction of sp³-hybridized carbons (Fsp3) is 0.925. The number of rotatable bonds is 37. The van der Waals surface area contributed by atoms with Crippen LogP contribution >= 0.6 is 0 Å². The van der Waals surface area contributed by atoms with Gasteiger partial charge < -0.3 is 39.2 Å². The molecule has 1 heterocycles. The molecule has 338 valence electrons. The van der Waals surface area contributed by atoms with Crippen LogP contribution in [0, 0.1) is 0 Å². The van der Waals surface area contributed by atoms with Crippen molar-refractivity contribution in [3.63, 3.8) is 0 Å². The standard InChI is InChI=1S/C40H77NO14S2.2Na/c1-3-5-7-9-11-13-15-17-19-21-23-25-27-29-34(42)33(41-36(43)30-28-26-24-22-20-18-16-14-12-10-8-6-4-2)31-52-40-38(45)39(55-57(49,50)51)37(44)35(54-40)32-53-56(46,47)48;;/h27,29,33-35,37-40,42,44-45H,3-26,28,30-32H2,1-2H3,(H,41,43)(H,46,47,48)(H,49,50,51);;/q;2*+1/p-2/b29-27+;;/t33-,34+,35+,37-,38+,39-,40+;;/m0../s1. The smallest absolute Gasteiger partial charge is 0.726 e. The Hall–Kier alpha value is 0.750. The first-order valence-corrected chi connectivity index (χ1v) is 24.4. The van der Waals surface area contributed by atoms with Crippen LogP contribution < -0.4 is 64.4 Å². The Bertz CT molecular complexity index is 1270. The van der Waals surface area contributed by atoms with Gasteiger partial charge in [0.25, 0.3) is 0 Å². The quantitative estimate of drug-likeness (QED) is 0.0217. The molecule has 1 rings (SSSR count). The van der Waals surface area contributed by atoms with Crippen molar-refractivity contribution in [2.24, 2.45) is 0 Å². The average Bonchev–Trinajstić information content (AvgIpc) is 3.14. The van der Waals surface area contributed by atoms with Gasteiger partial charge >= 0.3 is 59.1 Å². The van der Waals surface area contributed by atoms with Crippen LogP contribution in [-0.4, -0.2) is 103 Å². The van der Waals surface area contributed by atoms with E-state index in [-0.39, 0.29) is 71.4 Å². The molecule has 0 radical (unpaired) electrons. The van der Waals surface area contributed by atoms with E-state index in [0.717, 1.165) is 44.9 Å². The first-order chi connectivity index (χ1) is 27.2. The number of unbranched alkanes of at least 4 members (excludes halogenated alkanes) is 23. The number of hydrogen-bond acceptors (Lipinski definition) is 14. The molecule has 1 fully saturated rings. The Morgan fingerprint density at radius 3 is 1.58 bits per heavy atom. The van der Waals surface area contributed by atoms with Gasteiger partial charge in [-0.25, -0.2) is 16.8 Å². The maximum Gasteiger partial charge on any atom is 1.00 e. The summed E-state index contributed by atoms with van der Waals surface area (Å²) in [5, 5.41) is 35.1. The van der Waals surface area contributed by atoms with E-state index < -0.39 is 76.9 Å². The molecule has 19 heteroatoms. The van der Waals surface area contributed by atoms with Crippen LogP contribution in [0.4, 0.5) is 0 Å². The molecule has 1 aliphatic heterocycles. The van der Waals surface area contributed by atoms with Gasteiger partial charge in [-0.3, -0.25) is 13.2 Å². The zero-order valence-electron chi connectivity index (χ0n) is 36.6. The first-order valence-electron chi connectivity index (χ1n) is 21.7. The van der Waals surface area contributed by atoms with Gasteiger partial charge in [0.1, 0.15) is 24.4 Å². The molecule has 15 nitrogen and oxygen atoms in total. The normalized spacial score (nSPS) is 20.8. The Balaban J connectivity index is 0. The van der Waals surface area contributed by atoms with E-state index in [9.17, 15) is 46.1 Å². The van der Waals surface area contributed by atoms with E-state index in [1.54, 1.807) is 0 Å². The number of aliphatic hydroxyl groups excluding tert-OH is 3. The molecule has 0 aromatic carbocycles. The first kappa shape index (κ1) is 61.8. The van der Waals surface area contributed by atoms with Gasteiger partial charge in [0.2, 0.25) is 26.7 Å². The van der Waals surface area contributed by atoms with Gasteiger partial charge in [-0.15, -0.1) is 0 Å². The number of amides is 1. The molecule has 0 unspecified atom stereocenters. The summed E-state index contributed by atoms with van der Waals surface area (Å²) in [6.45, 7) is 2.80. The summed E-state index contributed by atoms with van der Waals surface area (Å²) in [6.07, 6.45) is 21.1. The van der Waals surface area contributed by atoms with Crippen molar-refractivity contribution in [3.05, 3.63) is 12.2 Å². The summed E-state index contributed by atoms with van der Waals surface area (Å²) in [7, 11) is -10.8. The van der Waals surface area contributed by atoms with Crippen LogP contribution in [0.1, 0.15) is 181 Å². The van der Waals surface area contributed by atoms with E-state index in [0.29, 0.717) is 12.8 Å². The third-order valence-corrected chi connectivity index (χ3v) is 11.1. The minimum atomic E-state index is -5.50. The maximum atomic E-state index is 13.0. The van der Waals surface area contributed by atoms with Crippen molar-refractivity contribution >= 4 is 26.7 Å². The van der Waals surface area contributed by atoms with E-state index in [2.05, 4.69) is 27.5 Å². The van der Waals surface area contributed by atoms with Gasteiger partial charge in [0, 0.05) is 6.42 Å². The van der Waals surface area contributed by atoms with Crippen LogP contribution in [0.2, 0.25) is 0 Å². The van der Waals surface area contributed by atoms with E-state index in [1.165, 1.54) is 109 Å². The van der Waals surface area contributed by atoms with Gasteiger partial charge in [0.15, 0.2) is 6.29 Å². The van der Waals surface area contributed by atoms with Gasteiger partial charge in [-0.1, -0.05) is 167 Å². The van der Waals surface area contributed by atoms with Gasteiger partial charge in [0.05, 0.1) is 25.4 Å². The zero-order chi connectivity index (χ0) is 42.4. The number of hydrogen-bond donors (Lipinski definition) is 4.